The van der Waals surface area contributed by atoms with Gasteiger partial charge in [-0.15, -0.1) is 0 Å². The maximum atomic E-state index is 11.1. The molecule has 4 heteroatoms. The zero-order valence-corrected chi connectivity index (χ0v) is 9.75. The lowest BCUT2D eigenvalue weighted by Gasteiger charge is -2.10. The molecular weight excluding hydrogens is 204 g/mol. The van der Waals surface area contributed by atoms with Crippen molar-refractivity contribution in [2.24, 2.45) is 5.73 Å². The van der Waals surface area contributed by atoms with Crippen LogP contribution in [-0.2, 0) is 0 Å². The second-order valence-electron chi connectivity index (χ2n) is 3.57. The van der Waals surface area contributed by atoms with Gasteiger partial charge >= 0.3 is 0 Å². The highest BCUT2D eigenvalue weighted by atomic mass is 16.5. The van der Waals surface area contributed by atoms with Gasteiger partial charge in [0.15, 0.2) is 0 Å². The third kappa shape index (κ3) is 3.55. The third-order valence-electron chi connectivity index (χ3n) is 2.19. The molecule has 0 bridgehead atoms. The number of primary amides is 1. The van der Waals surface area contributed by atoms with Crippen molar-refractivity contribution in [3.63, 3.8) is 0 Å². The van der Waals surface area contributed by atoms with Gasteiger partial charge in [-0.3, -0.25) is 4.79 Å². The van der Waals surface area contributed by atoms with Gasteiger partial charge in [-0.1, -0.05) is 13.0 Å². The van der Waals surface area contributed by atoms with Crippen molar-refractivity contribution in [3.05, 3.63) is 29.3 Å². The lowest BCUT2D eigenvalue weighted by molar-refractivity contribution is 0.0996. The van der Waals surface area contributed by atoms with Crippen molar-refractivity contribution in [1.82, 2.24) is 5.32 Å². The largest absolute Gasteiger partial charge is 0.491 e. The number of carbonyl (C=O) groups excluding carboxylic acids is 1. The highest BCUT2D eigenvalue weighted by molar-refractivity contribution is 5.95. The quantitative estimate of drug-likeness (QED) is 0.708. The van der Waals surface area contributed by atoms with Gasteiger partial charge in [0.25, 0.3) is 5.91 Å². The molecule has 1 aromatic carbocycles. The fraction of sp³-hybridized carbons (Fsp3) is 0.417. The number of rotatable bonds is 6. The number of benzene rings is 1. The first kappa shape index (κ1) is 12.5. The van der Waals surface area contributed by atoms with Gasteiger partial charge in [0, 0.05) is 6.54 Å². The second-order valence-corrected chi connectivity index (χ2v) is 3.57. The van der Waals surface area contributed by atoms with Crippen LogP contribution in [0.3, 0.4) is 0 Å². The Morgan fingerprint density at radius 3 is 2.88 bits per heavy atom. The Morgan fingerprint density at radius 2 is 2.25 bits per heavy atom. The molecule has 1 rings (SSSR count). The van der Waals surface area contributed by atoms with Crippen molar-refractivity contribution in [1.29, 1.82) is 0 Å². The summed E-state index contributed by atoms with van der Waals surface area (Å²) in [6, 6.07) is 5.36. The SMILES string of the molecule is CCNCCOc1cc(C)ccc1C(N)=O. The van der Waals surface area contributed by atoms with Crippen LogP contribution >= 0.6 is 0 Å². The lowest BCUT2D eigenvalue weighted by Crippen LogP contribution is -2.21. The summed E-state index contributed by atoms with van der Waals surface area (Å²) >= 11 is 0. The fourth-order valence-electron chi connectivity index (χ4n) is 1.36. The molecular formula is C12H18N2O2. The molecule has 16 heavy (non-hydrogen) atoms. The van der Waals surface area contributed by atoms with Gasteiger partial charge in [-0.2, -0.15) is 0 Å². The van der Waals surface area contributed by atoms with E-state index in [2.05, 4.69) is 5.32 Å². The monoisotopic (exact) mass is 222 g/mol. The summed E-state index contributed by atoms with van der Waals surface area (Å²) in [6.07, 6.45) is 0. The minimum atomic E-state index is -0.460. The topological polar surface area (TPSA) is 64.3 Å². The number of aryl methyl sites for hydroxylation is 1. The van der Waals surface area contributed by atoms with E-state index in [9.17, 15) is 4.79 Å². The first-order valence-corrected chi connectivity index (χ1v) is 5.39. The number of nitrogens with one attached hydrogen (secondary N) is 1. The maximum absolute atomic E-state index is 11.1. The molecule has 0 aliphatic carbocycles. The van der Waals surface area contributed by atoms with E-state index >= 15 is 0 Å². The Labute approximate surface area is 95.8 Å². The molecule has 88 valence electrons. The highest BCUT2D eigenvalue weighted by Crippen LogP contribution is 2.19. The molecule has 0 aliphatic rings. The summed E-state index contributed by atoms with van der Waals surface area (Å²) in [6.45, 7) is 6.16. The maximum Gasteiger partial charge on any atom is 0.252 e. The molecule has 0 heterocycles. The van der Waals surface area contributed by atoms with E-state index < -0.39 is 5.91 Å². The van der Waals surface area contributed by atoms with Gasteiger partial charge < -0.3 is 15.8 Å². The molecule has 0 saturated heterocycles. The van der Waals surface area contributed by atoms with Crippen LogP contribution in [0.2, 0.25) is 0 Å². The standard InChI is InChI=1S/C12H18N2O2/c1-3-14-6-7-16-11-8-9(2)4-5-10(11)12(13)15/h4-5,8,14H,3,6-7H2,1-2H3,(H2,13,15). The summed E-state index contributed by atoms with van der Waals surface area (Å²) < 4.78 is 5.52. The minimum Gasteiger partial charge on any atom is -0.491 e. The van der Waals surface area contributed by atoms with Gasteiger partial charge in [0.05, 0.1) is 5.56 Å². The molecule has 1 amide bonds. The number of hydrogen-bond donors (Lipinski definition) is 2. The van der Waals surface area contributed by atoms with Crippen molar-refractivity contribution < 1.29 is 9.53 Å². The molecule has 0 fully saturated rings. The highest BCUT2D eigenvalue weighted by Gasteiger charge is 2.08. The van der Waals surface area contributed by atoms with E-state index in [1.807, 2.05) is 26.0 Å². The summed E-state index contributed by atoms with van der Waals surface area (Å²) in [5, 5.41) is 3.14. The summed E-state index contributed by atoms with van der Waals surface area (Å²) in [7, 11) is 0. The second kappa shape index (κ2) is 6.12. The Morgan fingerprint density at radius 1 is 1.50 bits per heavy atom. The minimum absolute atomic E-state index is 0.432. The van der Waals surface area contributed by atoms with Crippen LogP contribution in [0.4, 0.5) is 0 Å². The average Bonchev–Trinajstić information content (AvgIpc) is 2.24. The van der Waals surface area contributed by atoms with Gasteiger partial charge in [-0.05, 0) is 31.2 Å². The predicted octanol–water partition coefficient (Wildman–Crippen LogP) is 1.08. The smallest absolute Gasteiger partial charge is 0.252 e. The summed E-state index contributed by atoms with van der Waals surface area (Å²) in [4.78, 5) is 11.1. The third-order valence-corrected chi connectivity index (χ3v) is 2.19. The van der Waals surface area contributed by atoms with Crippen molar-refractivity contribution in [3.8, 4) is 5.75 Å². The Balaban J connectivity index is 2.68. The van der Waals surface area contributed by atoms with Gasteiger partial charge in [0.1, 0.15) is 12.4 Å². The van der Waals surface area contributed by atoms with Crippen molar-refractivity contribution in [2.75, 3.05) is 19.7 Å². The van der Waals surface area contributed by atoms with E-state index in [-0.39, 0.29) is 0 Å². The molecule has 1 aromatic rings. The van der Waals surface area contributed by atoms with Crippen LogP contribution in [-0.4, -0.2) is 25.6 Å². The number of ether oxygens (including phenoxy) is 1. The number of amides is 1. The van der Waals surface area contributed by atoms with Gasteiger partial charge in [0.2, 0.25) is 0 Å². The van der Waals surface area contributed by atoms with Crippen LogP contribution in [0.5, 0.6) is 5.75 Å². The molecule has 0 atom stereocenters. The molecule has 0 unspecified atom stereocenters. The zero-order chi connectivity index (χ0) is 12.0. The first-order chi connectivity index (χ1) is 7.65. The van der Waals surface area contributed by atoms with Crippen molar-refractivity contribution >= 4 is 5.91 Å². The molecule has 0 saturated carbocycles. The average molecular weight is 222 g/mol. The normalized spacial score (nSPS) is 10.1. The van der Waals surface area contributed by atoms with Crippen LogP contribution < -0.4 is 15.8 Å². The molecule has 4 nitrogen and oxygen atoms in total. The van der Waals surface area contributed by atoms with Crippen molar-refractivity contribution in [2.45, 2.75) is 13.8 Å². The molecule has 0 aromatic heterocycles. The van der Waals surface area contributed by atoms with Crippen LogP contribution in [0, 0.1) is 6.92 Å². The van der Waals surface area contributed by atoms with E-state index in [1.54, 1.807) is 6.07 Å². The zero-order valence-electron chi connectivity index (χ0n) is 9.75. The Bertz CT molecular complexity index is 364. The number of hydrogen-bond acceptors (Lipinski definition) is 3. The molecule has 0 spiro atoms. The van der Waals surface area contributed by atoms with Crippen LogP contribution in [0.15, 0.2) is 18.2 Å². The van der Waals surface area contributed by atoms with E-state index in [1.165, 1.54) is 0 Å². The lowest BCUT2D eigenvalue weighted by atomic mass is 10.1. The number of nitrogens with two attached hydrogens (primary N) is 1. The molecule has 0 aliphatic heterocycles. The Kier molecular flexibility index (Phi) is 4.79. The van der Waals surface area contributed by atoms with E-state index in [0.29, 0.717) is 17.9 Å². The molecule has 3 N–H and O–H groups in total. The summed E-state index contributed by atoms with van der Waals surface area (Å²) in [5.74, 6) is 0.101. The number of carbonyl (C=O) groups is 1. The molecule has 0 radical (unpaired) electrons. The van der Waals surface area contributed by atoms with Gasteiger partial charge in [-0.25, -0.2) is 0 Å². The van der Waals surface area contributed by atoms with Crippen LogP contribution in [0.25, 0.3) is 0 Å². The van der Waals surface area contributed by atoms with E-state index in [4.69, 9.17) is 10.5 Å². The summed E-state index contributed by atoms with van der Waals surface area (Å²) in [5.41, 5.74) is 6.74. The number of likely N-dealkylation sites (N-methyl/N-ethyl adjacent to an activating group) is 1. The van der Waals surface area contributed by atoms with E-state index in [0.717, 1.165) is 18.7 Å². The first-order valence-electron chi connectivity index (χ1n) is 5.39. The Hall–Kier alpha value is -1.55. The van der Waals surface area contributed by atoms with Crippen LogP contribution in [0.1, 0.15) is 22.8 Å². The predicted molar refractivity (Wildman–Crippen MR) is 63.7 cm³/mol. The fourth-order valence-corrected chi connectivity index (χ4v) is 1.36.